The summed E-state index contributed by atoms with van der Waals surface area (Å²) >= 11 is 2.98. The first kappa shape index (κ1) is 11.9. The Morgan fingerprint density at radius 1 is 1.47 bits per heavy atom. The van der Waals surface area contributed by atoms with Gasteiger partial charge < -0.3 is 10.4 Å². The van der Waals surface area contributed by atoms with Crippen molar-refractivity contribution in [3.63, 3.8) is 0 Å². The van der Waals surface area contributed by atoms with E-state index in [-0.39, 0.29) is 23.1 Å². The number of aliphatic carboxylic acids is 1. The highest BCUT2D eigenvalue weighted by atomic mass is 79.9. The summed E-state index contributed by atoms with van der Waals surface area (Å²) in [5.41, 5.74) is 0.0673. The third-order valence-electron chi connectivity index (χ3n) is 1.65. The molecule has 0 atom stereocenters. The molecule has 6 heteroatoms. The Morgan fingerprint density at radius 3 is 2.67 bits per heavy atom. The van der Waals surface area contributed by atoms with Crippen LogP contribution >= 0.6 is 15.9 Å². The fourth-order valence-corrected chi connectivity index (χ4v) is 1.55. The molecule has 0 spiro atoms. The second kappa shape index (κ2) is 5.06. The Labute approximate surface area is 93.2 Å². The molecule has 0 radical (unpaired) electrons. The molecule has 1 aromatic rings. The molecule has 2 N–H and O–H groups in total. The van der Waals surface area contributed by atoms with Crippen molar-refractivity contribution < 1.29 is 18.7 Å². The predicted octanol–water partition coefficient (Wildman–Crippen LogP) is 2.61. The van der Waals surface area contributed by atoms with Gasteiger partial charge in [0.15, 0.2) is 0 Å². The SMILES string of the molecule is O=C(O)CCNc1c(F)cc(F)cc1Br. The monoisotopic (exact) mass is 279 g/mol. The number of carbonyl (C=O) groups is 1. The maximum atomic E-state index is 13.2. The molecule has 0 bridgehead atoms. The zero-order valence-corrected chi connectivity index (χ0v) is 9.14. The van der Waals surface area contributed by atoms with Crippen molar-refractivity contribution in [2.45, 2.75) is 6.42 Å². The van der Waals surface area contributed by atoms with Gasteiger partial charge in [-0.15, -0.1) is 0 Å². The van der Waals surface area contributed by atoms with Gasteiger partial charge in [-0.05, 0) is 22.0 Å². The lowest BCUT2D eigenvalue weighted by molar-refractivity contribution is -0.136. The van der Waals surface area contributed by atoms with Gasteiger partial charge in [0.1, 0.15) is 11.6 Å². The van der Waals surface area contributed by atoms with E-state index in [1.54, 1.807) is 0 Å². The fourth-order valence-electron chi connectivity index (χ4n) is 1.01. The molecule has 0 aliphatic rings. The van der Waals surface area contributed by atoms with E-state index in [0.29, 0.717) is 0 Å². The van der Waals surface area contributed by atoms with E-state index in [0.717, 1.165) is 12.1 Å². The first-order chi connectivity index (χ1) is 7.00. The highest BCUT2D eigenvalue weighted by Gasteiger charge is 2.09. The topological polar surface area (TPSA) is 49.3 Å². The van der Waals surface area contributed by atoms with Gasteiger partial charge in [0.25, 0.3) is 0 Å². The largest absolute Gasteiger partial charge is 0.481 e. The van der Waals surface area contributed by atoms with Crippen LogP contribution in [0.1, 0.15) is 6.42 Å². The van der Waals surface area contributed by atoms with Crippen LogP contribution in [0.2, 0.25) is 0 Å². The second-order valence-corrected chi connectivity index (χ2v) is 3.67. The molecule has 0 heterocycles. The van der Waals surface area contributed by atoms with Crippen LogP contribution in [0.3, 0.4) is 0 Å². The first-order valence-electron chi connectivity index (χ1n) is 4.11. The van der Waals surface area contributed by atoms with Crippen LogP contribution in [-0.4, -0.2) is 17.6 Å². The highest BCUT2D eigenvalue weighted by Crippen LogP contribution is 2.26. The number of rotatable bonds is 4. The lowest BCUT2D eigenvalue weighted by Crippen LogP contribution is -2.09. The molecule has 0 aliphatic heterocycles. The Kier molecular flexibility index (Phi) is 4.02. The summed E-state index contributed by atoms with van der Waals surface area (Å²) in [5.74, 6) is -2.43. The molecule has 1 rings (SSSR count). The van der Waals surface area contributed by atoms with E-state index < -0.39 is 17.6 Å². The molecule has 15 heavy (non-hydrogen) atoms. The second-order valence-electron chi connectivity index (χ2n) is 2.81. The summed E-state index contributed by atoms with van der Waals surface area (Å²) in [6, 6.07) is 1.83. The minimum absolute atomic E-state index is 0.0673. The maximum Gasteiger partial charge on any atom is 0.305 e. The number of benzene rings is 1. The number of carboxylic acid groups (broad SMARTS) is 1. The molecule has 82 valence electrons. The van der Waals surface area contributed by atoms with Crippen molar-refractivity contribution in [1.29, 1.82) is 0 Å². The Balaban J connectivity index is 2.72. The minimum atomic E-state index is -0.985. The average Bonchev–Trinajstić information content (AvgIpc) is 2.08. The lowest BCUT2D eigenvalue weighted by atomic mass is 10.3. The van der Waals surface area contributed by atoms with E-state index in [1.807, 2.05) is 0 Å². The van der Waals surface area contributed by atoms with Crippen LogP contribution in [0.5, 0.6) is 0 Å². The molecular weight excluding hydrogens is 272 g/mol. The number of hydrogen-bond acceptors (Lipinski definition) is 2. The highest BCUT2D eigenvalue weighted by molar-refractivity contribution is 9.10. The summed E-state index contributed by atoms with van der Waals surface area (Å²) < 4.78 is 26.0. The summed E-state index contributed by atoms with van der Waals surface area (Å²) in [6.45, 7) is 0.0798. The summed E-state index contributed by atoms with van der Waals surface area (Å²) in [5, 5.41) is 10.9. The van der Waals surface area contributed by atoms with E-state index in [9.17, 15) is 13.6 Å². The van der Waals surface area contributed by atoms with Crippen LogP contribution in [-0.2, 0) is 4.79 Å². The first-order valence-corrected chi connectivity index (χ1v) is 4.90. The Morgan fingerprint density at radius 2 is 2.13 bits per heavy atom. The molecule has 0 aromatic heterocycles. The van der Waals surface area contributed by atoms with Gasteiger partial charge in [0.2, 0.25) is 0 Å². The third kappa shape index (κ3) is 3.47. The molecule has 3 nitrogen and oxygen atoms in total. The van der Waals surface area contributed by atoms with Crippen LogP contribution in [0.15, 0.2) is 16.6 Å². The van der Waals surface area contributed by atoms with E-state index in [2.05, 4.69) is 21.2 Å². The number of nitrogens with one attached hydrogen (secondary N) is 1. The zero-order valence-electron chi connectivity index (χ0n) is 7.56. The van der Waals surface area contributed by atoms with Gasteiger partial charge in [0, 0.05) is 17.1 Å². The maximum absolute atomic E-state index is 13.2. The van der Waals surface area contributed by atoms with Crippen molar-refractivity contribution in [3.05, 3.63) is 28.2 Å². The quantitative estimate of drug-likeness (QED) is 0.891. The smallest absolute Gasteiger partial charge is 0.305 e. The molecule has 0 fully saturated rings. The third-order valence-corrected chi connectivity index (χ3v) is 2.27. The Bertz CT molecular complexity index is 361. The van der Waals surface area contributed by atoms with Crippen molar-refractivity contribution >= 4 is 27.6 Å². The van der Waals surface area contributed by atoms with E-state index in [4.69, 9.17) is 5.11 Å². The van der Waals surface area contributed by atoms with Gasteiger partial charge in [0.05, 0.1) is 12.1 Å². The van der Waals surface area contributed by atoms with Crippen molar-refractivity contribution in [2.24, 2.45) is 0 Å². The van der Waals surface area contributed by atoms with Gasteiger partial charge >= 0.3 is 5.97 Å². The molecule has 1 aromatic carbocycles. The number of hydrogen-bond donors (Lipinski definition) is 2. The average molecular weight is 280 g/mol. The van der Waals surface area contributed by atoms with Crippen LogP contribution in [0, 0.1) is 11.6 Å². The summed E-state index contributed by atoms with van der Waals surface area (Å²) in [7, 11) is 0. The van der Waals surface area contributed by atoms with Crippen molar-refractivity contribution in [3.8, 4) is 0 Å². The number of anilines is 1. The minimum Gasteiger partial charge on any atom is -0.481 e. The summed E-state index contributed by atoms with van der Waals surface area (Å²) in [6.07, 6.45) is -0.136. The predicted molar refractivity (Wildman–Crippen MR) is 54.8 cm³/mol. The molecule has 0 amide bonds. The van der Waals surface area contributed by atoms with Crippen LogP contribution in [0.4, 0.5) is 14.5 Å². The van der Waals surface area contributed by atoms with Crippen molar-refractivity contribution in [2.75, 3.05) is 11.9 Å². The fraction of sp³-hybridized carbons (Fsp3) is 0.222. The molecule has 0 unspecified atom stereocenters. The zero-order chi connectivity index (χ0) is 11.4. The van der Waals surface area contributed by atoms with E-state index in [1.165, 1.54) is 0 Å². The van der Waals surface area contributed by atoms with E-state index >= 15 is 0 Å². The van der Waals surface area contributed by atoms with Gasteiger partial charge in [-0.3, -0.25) is 4.79 Å². The number of halogens is 3. The Hall–Kier alpha value is -1.17. The van der Waals surface area contributed by atoms with Crippen LogP contribution < -0.4 is 5.32 Å². The lowest BCUT2D eigenvalue weighted by Gasteiger charge is -2.08. The van der Waals surface area contributed by atoms with Crippen molar-refractivity contribution in [1.82, 2.24) is 0 Å². The van der Waals surface area contributed by atoms with Crippen LogP contribution in [0.25, 0.3) is 0 Å². The normalized spacial score (nSPS) is 10.1. The van der Waals surface area contributed by atoms with Gasteiger partial charge in [-0.2, -0.15) is 0 Å². The standard InChI is InChI=1S/C9H8BrF2NO2/c10-6-3-5(11)4-7(12)9(6)13-2-1-8(14)15/h3-4,13H,1-2H2,(H,14,15). The van der Waals surface area contributed by atoms with Gasteiger partial charge in [-0.25, -0.2) is 8.78 Å². The molecule has 0 aliphatic carbocycles. The van der Waals surface area contributed by atoms with Gasteiger partial charge in [-0.1, -0.05) is 0 Å². The number of carboxylic acids is 1. The summed E-state index contributed by atoms with van der Waals surface area (Å²) in [4.78, 5) is 10.2. The molecular formula is C9H8BrF2NO2. The molecule has 0 saturated heterocycles. The molecule has 0 saturated carbocycles.